The standard InChI is InChI=1S/C15H30BrN/c1-14(2)10-6-4-3-5-7-12-15(16,17)13-9-8-11-14/h3-13,17H2,1-2H3. The molecule has 0 aromatic rings. The van der Waals surface area contributed by atoms with Gasteiger partial charge in [-0.05, 0) is 31.1 Å². The molecular formula is C15H30BrN. The van der Waals surface area contributed by atoms with E-state index in [9.17, 15) is 0 Å². The van der Waals surface area contributed by atoms with Crippen molar-refractivity contribution in [3.8, 4) is 0 Å². The molecule has 102 valence electrons. The number of rotatable bonds is 0. The summed E-state index contributed by atoms with van der Waals surface area (Å²) in [5.41, 5.74) is 6.82. The van der Waals surface area contributed by atoms with Gasteiger partial charge in [-0.25, -0.2) is 0 Å². The zero-order valence-electron chi connectivity index (χ0n) is 11.7. The molecule has 1 aliphatic carbocycles. The molecule has 0 heterocycles. The van der Waals surface area contributed by atoms with Gasteiger partial charge in [-0.1, -0.05) is 74.7 Å². The minimum absolute atomic E-state index is 0.0921. The third kappa shape index (κ3) is 7.46. The van der Waals surface area contributed by atoms with Crippen LogP contribution in [0.3, 0.4) is 0 Å². The van der Waals surface area contributed by atoms with Gasteiger partial charge in [0.05, 0.1) is 4.45 Å². The van der Waals surface area contributed by atoms with Gasteiger partial charge in [-0.3, -0.25) is 0 Å². The van der Waals surface area contributed by atoms with Crippen LogP contribution in [-0.4, -0.2) is 4.45 Å². The van der Waals surface area contributed by atoms with E-state index in [-0.39, 0.29) is 4.45 Å². The molecule has 0 aliphatic heterocycles. The van der Waals surface area contributed by atoms with E-state index in [4.69, 9.17) is 5.73 Å². The van der Waals surface area contributed by atoms with Gasteiger partial charge in [0.1, 0.15) is 0 Å². The van der Waals surface area contributed by atoms with E-state index in [0.29, 0.717) is 5.41 Å². The Morgan fingerprint density at radius 1 is 0.706 bits per heavy atom. The van der Waals surface area contributed by atoms with Crippen LogP contribution in [0.2, 0.25) is 0 Å². The average Bonchev–Trinajstić information content (AvgIpc) is 2.23. The summed E-state index contributed by atoms with van der Waals surface area (Å²) in [4.78, 5) is 0. The molecule has 0 aromatic carbocycles. The van der Waals surface area contributed by atoms with E-state index in [1.54, 1.807) is 0 Å². The molecule has 1 atom stereocenters. The first-order valence-corrected chi connectivity index (χ1v) is 8.18. The predicted octanol–water partition coefficient (Wildman–Crippen LogP) is 5.37. The zero-order chi connectivity index (χ0) is 12.8. The molecule has 17 heavy (non-hydrogen) atoms. The van der Waals surface area contributed by atoms with E-state index in [1.807, 2.05) is 0 Å². The maximum absolute atomic E-state index is 6.28. The molecule has 2 heteroatoms. The molecule has 0 spiro atoms. The Kier molecular flexibility index (Phi) is 6.50. The fourth-order valence-electron chi connectivity index (χ4n) is 2.83. The molecule has 1 unspecified atom stereocenters. The SMILES string of the molecule is CC1(C)CCCCCCCC(N)(Br)CCCC1. The number of halogens is 1. The molecule has 2 N–H and O–H groups in total. The first-order valence-electron chi connectivity index (χ1n) is 7.39. The first-order chi connectivity index (χ1) is 7.91. The van der Waals surface area contributed by atoms with Crippen molar-refractivity contribution in [1.82, 2.24) is 0 Å². The summed E-state index contributed by atoms with van der Waals surface area (Å²) < 4.78 is -0.0921. The van der Waals surface area contributed by atoms with E-state index < -0.39 is 0 Å². The molecule has 0 aromatic heterocycles. The van der Waals surface area contributed by atoms with Crippen LogP contribution in [0.5, 0.6) is 0 Å². The van der Waals surface area contributed by atoms with Gasteiger partial charge in [0, 0.05) is 0 Å². The smallest absolute Gasteiger partial charge is 0.0717 e. The van der Waals surface area contributed by atoms with Crippen LogP contribution < -0.4 is 5.73 Å². The second kappa shape index (κ2) is 7.13. The quantitative estimate of drug-likeness (QED) is 0.472. The Hall–Kier alpha value is 0.440. The molecule has 0 amide bonds. The third-order valence-electron chi connectivity index (χ3n) is 4.14. The summed E-state index contributed by atoms with van der Waals surface area (Å²) in [7, 11) is 0. The summed E-state index contributed by atoms with van der Waals surface area (Å²) in [5, 5.41) is 0. The van der Waals surface area contributed by atoms with Crippen LogP contribution in [0, 0.1) is 5.41 Å². The van der Waals surface area contributed by atoms with Gasteiger partial charge in [0.2, 0.25) is 0 Å². The molecule has 0 bridgehead atoms. The summed E-state index contributed by atoms with van der Waals surface area (Å²) in [6, 6.07) is 0. The molecule has 1 rings (SSSR count). The topological polar surface area (TPSA) is 26.0 Å². The van der Waals surface area contributed by atoms with Gasteiger partial charge in [0.25, 0.3) is 0 Å². The molecule has 0 radical (unpaired) electrons. The first kappa shape index (κ1) is 15.5. The van der Waals surface area contributed by atoms with Crippen LogP contribution in [0.15, 0.2) is 0 Å². The fraction of sp³-hybridized carbons (Fsp3) is 1.00. The lowest BCUT2D eigenvalue weighted by molar-refractivity contribution is 0.282. The minimum Gasteiger partial charge on any atom is -0.316 e. The normalized spacial score (nSPS) is 33.2. The van der Waals surface area contributed by atoms with Crippen LogP contribution in [0.1, 0.15) is 84.5 Å². The highest BCUT2D eigenvalue weighted by Crippen LogP contribution is 2.33. The molecule has 1 nitrogen and oxygen atoms in total. The molecule has 1 aliphatic rings. The summed E-state index contributed by atoms with van der Waals surface area (Å²) in [6.45, 7) is 4.85. The lowest BCUT2D eigenvalue weighted by Crippen LogP contribution is -2.32. The van der Waals surface area contributed by atoms with Crippen LogP contribution >= 0.6 is 15.9 Å². The van der Waals surface area contributed by atoms with E-state index >= 15 is 0 Å². The summed E-state index contributed by atoms with van der Waals surface area (Å²) in [6.07, 6.45) is 14.5. The highest BCUT2D eigenvalue weighted by molar-refractivity contribution is 9.10. The van der Waals surface area contributed by atoms with Gasteiger partial charge in [0.15, 0.2) is 0 Å². The number of hydrogen-bond donors (Lipinski definition) is 1. The molecule has 0 saturated heterocycles. The zero-order valence-corrected chi connectivity index (χ0v) is 13.3. The van der Waals surface area contributed by atoms with Gasteiger partial charge in [-0.15, -0.1) is 0 Å². The summed E-state index contributed by atoms with van der Waals surface area (Å²) in [5.74, 6) is 0. The van der Waals surface area contributed by atoms with Crippen molar-refractivity contribution in [3.63, 3.8) is 0 Å². The van der Waals surface area contributed by atoms with Crippen molar-refractivity contribution >= 4 is 15.9 Å². The lowest BCUT2D eigenvalue weighted by Gasteiger charge is -2.26. The van der Waals surface area contributed by atoms with Crippen LogP contribution in [0.4, 0.5) is 0 Å². The van der Waals surface area contributed by atoms with E-state index in [2.05, 4.69) is 29.8 Å². The van der Waals surface area contributed by atoms with Gasteiger partial charge < -0.3 is 5.73 Å². The van der Waals surface area contributed by atoms with Crippen molar-refractivity contribution in [2.75, 3.05) is 0 Å². The summed E-state index contributed by atoms with van der Waals surface area (Å²) >= 11 is 3.71. The van der Waals surface area contributed by atoms with Crippen molar-refractivity contribution in [3.05, 3.63) is 0 Å². The maximum Gasteiger partial charge on any atom is 0.0717 e. The fourth-order valence-corrected chi connectivity index (χ4v) is 3.39. The number of alkyl halides is 1. The average molecular weight is 304 g/mol. The highest BCUT2D eigenvalue weighted by atomic mass is 79.9. The molecule has 1 fully saturated rings. The van der Waals surface area contributed by atoms with Crippen LogP contribution in [-0.2, 0) is 0 Å². The predicted molar refractivity (Wildman–Crippen MR) is 80.4 cm³/mol. The Balaban J connectivity index is 2.42. The minimum atomic E-state index is -0.0921. The Labute approximate surface area is 116 Å². The van der Waals surface area contributed by atoms with E-state index in [1.165, 1.54) is 57.8 Å². The largest absolute Gasteiger partial charge is 0.316 e. The van der Waals surface area contributed by atoms with Crippen molar-refractivity contribution in [2.24, 2.45) is 11.1 Å². The Morgan fingerprint density at radius 2 is 1.06 bits per heavy atom. The van der Waals surface area contributed by atoms with Gasteiger partial charge in [-0.2, -0.15) is 0 Å². The lowest BCUT2D eigenvalue weighted by atomic mass is 9.82. The second-order valence-corrected chi connectivity index (χ2v) is 8.25. The number of hydrogen-bond acceptors (Lipinski definition) is 1. The highest BCUT2D eigenvalue weighted by Gasteiger charge is 2.22. The molecule has 1 saturated carbocycles. The van der Waals surface area contributed by atoms with Crippen LogP contribution in [0.25, 0.3) is 0 Å². The Bertz CT molecular complexity index is 189. The van der Waals surface area contributed by atoms with Crippen molar-refractivity contribution in [1.29, 1.82) is 0 Å². The van der Waals surface area contributed by atoms with Crippen molar-refractivity contribution in [2.45, 2.75) is 88.9 Å². The second-order valence-electron chi connectivity index (χ2n) is 6.67. The van der Waals surface area contributed by atoms with Gasteiger partial charge >= 0.3 is 0 Å². The monoisotopic (exact) mass is 303 g/mol. The maximum atomic E-state index is 6.28. The molecular weight excluding hydrogens is 274 g/mol. The third-order valence-corrected chi connectivity index (χ3v) is 4.93. The van der Waals surface area contributed by atoms with E-state index in [0.717, 1.165) is 12.8 Å². The van der Waals surface area contributed by atoms with Crippen molar-refractivity contribution < 1.29 is 0 Å². The number of nitrogens with two attached hydrogens (primary N) is 1. The Morgan fingerprint density at radius 3 is 1.65 bits per heavy atom.